The van der Waals surface area contributed by atoms with Crippen LogP contribution in [0.25, 0.3) is 0 Å². The molecular weight excluding hydrogens is 304 g/mol. The van der Waals surface area contributed by atoms with Gasteiger partial charge in [-0.05, 0) is 36.5 Å². The molecule has 2 atom stereocenters. The van der Waals surface area contributed by atoms with E-state index in [0.29, 0.717) is 0 Å². The van der Waals surface area contributed by atoms with Crippen LogP contribution in [0.15, 0.2) is 60.7 Å². The van der Waals surface area contributed by atoms with E-state index in [9.17, 15) is 0 Å². The minimum absolute atomic E-state index is 0.0328. The van der Waals surface area contributed by atoms with Crippen molar-refractivity contribution in [3.63, 3.8) is 0 Å². The van der Waals surface area contributed by atoms with E-state index in [2.05, 4.69) is 112 Å². The number of hydrogen-bond acceptors (Lipinski definition) is 2. The van der Waals surface area contributed by atoms with Crippen molar-refractivity contribution in [3.05, 3.63) is 71.8 Å². The first kappa shape index (κ1) is 17.5. The Hall–Kier alpha value is -0.860. The minimum atomic E-state index is 0.0328. The Bertz CT molecular complexity index is 513. The Morgan fingerprint density at radius 2 is 0.955 bits per heavy atom. The highest BCUT2D eigenvalue weighted by molar-refractivity contribution is 8.04. The zero-order valence-electron chi connectivity index (χ0n) is 14.0. The van der Waals surface area contributed by atoms with Crippen molar-refractivity contribution in [1.82, 2.24) is 0 Å². The summed E-state index contributed by atoms with van der Waals surface area (Å²) in [5, 5.41) is 0. The summed E-state index contributed by atoms with van der Waals surface area (Å²) in [6.07, 6.45) is 0. The molecule has 0 aliphatic rings. The smallest absolute Gasteiger partial charge is 0.0564 e. The standard InChI is InChI=1S/C20H26S2/c1-5-21-19(3,17-13-9-7-10-14-17)20(4,22-6-2)18-15-11-8-12-16-18/h7-16H,5-6H2,1-4H3/t19-,20-/m1/s1. The van der Waals surface area contributed by atoms with Crippen molar-refractivity contribution in [1.29, 1.82) is 0 Å². The number of rotatable bonds is 7. The van der Waals surface area contributed by atoms with Gasteiger partial charge < -0.3 is 0 Å². The predicted octanol–water partition coefficient (Wildman–Crippen LogP) is 6.32. The van der Waals surface area contributed by atoms with Gasteiger partial charge in [-0.3, -0.25) is 0 Å². The van der Waals surface area contributed by atoms with Crippen LogP contribution in [0.4, 0.5) is 0 Å². The fraction of sp³-hybridized carbons (Fsp3) is 0.400. The summed E-state index contributed by atoms with van der Waals surface area (Å²) in [4.78, 5) is 0. The van der Waals surface area contributed by atoms with Gasteiger partial charge in [0.2, 0.25) is 0 Å². The quantitative estimate of drug-likeness (QED) is 0.582. The maximum Gasteiger partial charge on any atom is 0.0564 e. The molecule has 2 aromatic carbocycles. The van der Waals surface area contributed by atoms with Gasteiger partial charge in [0.25, 0.3) is 0 Å². The van der Waals surface area contributed by atoms with Crippen LogP contribution >= 0.6 is 23.5 Å². The van der Waals surface area contributed by atoms with Gasteiger partial charge in [0.15, 0.2) is 0 Å². The fourth-order valence-corrected chi connectivity index (χ4v) is 5.98. The van der Waals surface area contributed by atoms with Gasteiger partial charge in [0.1, 0.15) is 0 Å². The number of benzene rings is 2. The topological polar surface area (TPSA) is 0 Å². The third-order valence-electron chi connectivity index (χ3n) is 4.43. The number of hydrogen-bond donors (Lipinski definition) is 0. The van der Waals surface area contributed by atoms with Crippen LogP contribution in [0.3, 0.4) is 0 Å². The summed E-state index contributed by atoms with van der Waals surface area (Å²) in [7, 11) is 0. The van der Waals surface area contributed by atoms with E-state index in [-0.39, 0.29) is 9.49 Å². The van der Waals surface area contributed by atoms with E-state index < -0.39 is 0 Å². The largest absolute Gasteiger partial charge is 0.149 e. The lowest BCUT2D eigenvalue weighted by atomic mass is 9.82. The highest BCUT2D eigenvalue weighted by Crippen LogP contribution is 2.57. The first-order valence-electron chi connectivity index (χ1n) is 7.97. The van der Waals surface area contributed by atoms with Crippen molar-refractivity contribution in [2.24, 2.45) is 0 Å². The summed E-state index contributed by atoms with van der Waals surface area (Å²) in [5.41, 5.74) is 2.82. The van der Waals surface area contributed by atoms with E-state index in [1.807, 2.05) is 0 Å². The lowest BCUT2D eigenvalue weighted by molar-refractivity contribution is 0.516. The van der Waals surface area contributed by atoms with Crippen LogP contribution in [0.5, 0.6) is 0 Å². The Balaban J connectivity index is 2.60. The van der Waals surface area contributed by atoms with Crippen LogP contribution in [-0.4, -0.2) is 11.5 Å². The molecular formula is C20H26S2. The molecule has 0 N–H and O–H groups in total. The fourth-order valence-electron chi connectivity index (χ4n) is 3.08. The SMILES string of the molecule is CCS[C@](C)(c1ccccc1)[C@](C)(SCC)c1ccccc1. The zero-order valence-corrected chi connectivity index (χ0v) is 15.6. The first-order valence-corrected chi connectivity index (χ1v) is 9.94. The van der Waals surface area contributed by atoms with E-state index in [1.54, 1.807) is 0 Å². The highest BCUT2D eigenvalue weighted by atomic mass is 32.2. The summed E-state index contributed by atoms with van der Waals surface area (Å²) < 4.78 is 0.0656. The second kappa shape index (κ2) is 7.61. The molecule has 0 nitrogen and oxygen atoms in total. The molecule has 2 aromatic rings. The summed E-state index contributed by atoms with van der Waals surface area (Å²) in [6.45, 7) is 9.33. The van der Waals surface area contributed by atoms with Crippen LogP contribution in [0.1, 0.15) is 38.8 Å². The molecule has 2 heteroatoms. The molecule has 0 fully saturated rings. The Morgan fingerprint density at radius 3 is 1.23 bits per heavy atom. The third kappa shape index (κ3) is 3.23. The third-order valence-corrected chi connectivity index (χ3v) is 7.57. The molecule has 2 rings (SSSR count). The molecule has 0 saturated heterocycles. The van der Waals surface area contributed by atoms with Gasteiger partial charge in [-0.1, -0.05) is 74.5 Å². The monoisotopic (exact) mass is 330 g/mol. The molecule has 0 radical (unpaired) electrons. The maximum atomic E-state index is 2.41. The molecule has 0 unspecified atom stereocenters. The second-order valence-electron chi connectivity index (χ2n) is 5.66. The summed E-state index contributed by atoms with van der Waals surface area (Å²) in [6, 6.07) is 22.0. The lowest BCUT2D eigenvalue weighted by Crippen LogP contribution is -2.40. The van der Waals surface area contributed by atoms with Crippen LogP contribution in [-0.2, 0) is 9.49 Å². The second-order valence-corrected chi connectivity index (χ2v) is 9.03. The van der Waals surface area contributed by atoms with E-state index in [0.717, 1.165) is 11.5 Å². The van der Waals surface area contributed by atoms with Gasteiger partial charge in [-0.25, -0.2) is 0 Å². The molecule has 0 heterocycles. The Morgan fingerprint density at radius 1 is 0.636 bits per heavy atom. The van der Waals surface area contributed by atoms with Gasteiger partial charge in [-0.15, -0.1) is 23.5 Å². The van der Waals surface area contributed by atoms with Crippen LogP contribution in [0.2, 0.25) is 0 Å². The molecule has 118 valence electrons. The molecule has 0 aliphatic heterocycles. The van der Waals surface area contributed by atoms with Crippen molar-refractivity contribution in [3.8, 4) is 0 Å². The van der Waals surface area contributed by atoms with E-state index in [4.69, 9.17) is 0 Å². The molecule has 0 aromatic heterocycles. The average molecular weight is 331 g/mol. The molecule has 0 spiro atoms. The maximum absolute atomic E-state index is 2.41. The Labute approximate surface area is 144 Å². The van der Waals surface area contributed by atoms with Gasteiger partial charge in [0, 0.05) is 0 Å². The van der Waals surface area contributed by atoms with E-state index >= 15 is 0 Å². The molecule has 22 heavy (non-hydrogen) atoms. The summed E-state index contributed by atoms with van der Waals surface area (Å²) >= 11 is 4.11. The van der Waals surface area contributed by atoms with Gasteiger partial charge >= 0.3 is 0 Å². The Kier molecular flexibility index (Phi) is 6.05. The van der Waals surface area contributed by atoms with Gasteiger partial charge in [0.05, 0.1) is 9.49 Å². The molecule has 0 amide bonds. The van der Waals surface area contributed by atoms with Crippen molar-refractivity contribution < 1.29 is 0 Å². The molecule has 0 saturated carbocycles. The molecule has 0 aliphatic carbocycles. The average Bonchev–Trinajstić information content (AvgIpc) is 2.56. The summed E-state index contributed by atoms with van der Waals surface area (Å²) in [5.74, 6) is 2.22. The van der Waals surface area contributed by atoms with Gasteiger partial charge in [-0.2, -0.15) is 0 Å². The van der Waals surface area contributed by atoms with Crippen LogP contribution in [0, 0.1) is 0 Å². The minimum Gasteiger partial charge on any atom is -0.149 e. The number of thioether (sulfide) groups is 2. The highest BCUT2D eigenvalue weighted by Gasteiger charge is 2.47. The normalized spacial score (nSPS) is 16.7. The lowest BCUT2D eigenvalue weighted by Gasteiger charge is -2.46. The van der Waals surface area contributed by atoms with Crippen molar-refractivity contribution in [2.75, 3.05) is 11.5 Å². The first-order chi connectivity index (χ1) is 10.6. The van der Waals surface area contributed by atoms with Crippen LogP contribution < -0.4 is 0 Å². The van der Waals surface area contributed by atoms with Crippen molar-refractivity contribution >= 4 is 23.5 Å². The zero-order chi connectivity index (χ0) is 16.1. The van der Waals surface area contributed by atoms with E-state index in [1.165, 1.54) is 11.1 Å². The molecule has 0 bridgehead atoms. The van der Waals surface area contributed by atoms with Crippen molar-refractivity contribution in [2.45, 2.75) is 37.2 Å². The predicted molar refractivity (Wildman–Crippen MR) is 104 cm³/mol.